The van der Waals surface area contributed by atoms with Crippen LogP contribution in [0.15, 0.2) is 36.5 Å². The van der Waals surface area contributed by atoms with Crippen LogP contribution in [0.25, 0.3) is 0 Å². The van der Waals surface area contributed by atoms with E-state index < -0.39 is 0 Å². The molecule has 0 radical (unpaired) electrons. The molecule has 0 fully saturated rings. The van der Waals surface area contributed by atoms with Crippen molar-refractivity contribution in [2.45, 2.75) is 27.2 Å². The Morgan fingerprint density at radius 2 is 1.56 bits per heavy atom. The number of hydrogen-bond acceptors (Lipinski definition) is 1. The summed E-state index contributed by atoms with van der Waals surface area (Å²) < 4.78 is 0. The summed E-state index contributed by atoms with van der Waals surface area (Å²) in [5, 5.41) is 0. The lowest BCUT2D eigenvalue weighted by atomic mass is 9.96. The van der Waals surface area contributed by atoms with E-state index in [9.17, 15) is 0 Å². The number of nitrogens with zero attached hydrogens (tertiary/aromatic N) is 1. The Balaban J connectivity index is 4.10. The molecule has 0 N–H and O–H groups in total. The van der Waals surface area contributed by atoms with Crippen molar-refractivity contribution in [3.8, 4) is 0 Å². The number of rotatable bonds is 7. The summed E-state index contributed by atoms with van der Waals surface area (Å²) in [4.78, 5) is 2.21. The molecule has 0 spiro atoms. The van der Waals surface area contributed by atoms with Crippen molar-refractivity contribution < 1.29 is 0 Å². The first-order chi connectivity index (χ1) is 7.34. The highest BCUT2D eigenvalue weighted by Gasteiger charge is 2.04. The predicted octanol–water partition coefficient (Wildman–Crippen LogP) is 3.90. The molecule has 0 amide bonds. The molecule has 0 saturated heterocycles. The third-order valence-electron chi connectivity index (χ3n) is 2.90. The van der Waals surface area contributed by atoms with Crippen LogP contribution in [0.1, 0.15) is 27.2 Å². The monoisotopic (exact) mass is 221 g/mol. The van der Waals surface area contributed by atoms with E-state index in [4.69, 9.17) is 0 Å². The van der Waals surface area contributed by atoms with E-state index in [2.05, 4.69) is 65.1 Å². The van der Waals surface area contributed by atoms with Gasteiger partial charge < -0.3 is 4.90 Å². The zero-order valence-corrected chi connectivity index (χ0v) is 11.6. The first-order valence-corrected chi connectivity index (χ1v) is 6.05. The minimum absolute atomic E-state index is 0.515. The smallest absolute Gasteiger partial charge is 0.00191 e. The summed E-state index contributed by atoms with van der Waals surface area (Å²) in [7, 11) is 4.21. The number of hydrogen-bond donors (Lipinski definition) is 0. The van der Waals surface area contributed by atoms with Gasteiger partial charge in [0.15, 0.2) is 0 Å². The van der Waals surface area contributed by atoms with Crippen molar-refractivity contribution in [2.24, 2.45) is 11.8 Å². The summed E-state index contributed by atoms with van der Waals surface area (Å²) in [6.45, 7) is 15.8. The molecule has 0 aliphatic carbocycles. The molecule has 0 aliphatic rings. The highest BCUT2D eigenvalue weighted by molar-refractivity contribution is 5.26. The second kappa shape index (κ2) is 7.45. The van der Waals surface area contributed by atoms with Gasteiger partial charge in [-0.2, -0.15) is 0 Å². The molecule has 0 unspecified atom stereocenters. The fourth-order valence-corrected chi connectivity index (χ4v) is 1.21. The van der Waals surface area contributed by atoms with Gasteiger partial charge in [0.2, 0.25) is 0 Å². The third-order valence-corrected chi connectivity index (χ3v) is 2.90. The van der Waals surface area contributed by atoms with Gasteiger partial charge in [-0.1, -0.05) is 57.2 Å². The van der Waals surface area contributed by atoms with Crippen LogP contribution in [-0.2, 0) is 0 Å². The van der Waals surface area contributed by atoms with Crippen molar-refractivity contribution in [1.29, 1.82) is 0 Å². The van der Waals surface area contributed by atoms with E-state index in [1.165, 1.54) is 11.1 Å². The molecule has 0 heterocycles. The lowest BCUT2D eigenvalue weighted by Crippen LogP contribution is -2.15. The Kier molecular flexibility index (Phi) is 7.07. The van der Waals surface area contributed by atoms with Crippen LogP contribution in [0, 0.1) is 11.8 Å². The van der Waals surface area contributed by atoms with E-state index in [-0.39, 0.29) is 0 Å². The van der Waals surface area contributed by atoms with Crippen LogP contribution in [0.5, 0.6) is 0 Å². The minimum Gasteiger partial charge on any atom is -0.309 e. The standard InChI is InChI=1S/C15H27N/c1-12(2)13(3)8-9-14(4)15(5)10-11-16(6)7/h8-9,12,15H,3-4,10-11H2,1-2,5-7H3/b9-8-/t15-/m0/s1. The van der Waals surface area contributed by atoms with E-state index in [1.54, 1.807) is 0 Å². The molecule has 1 heteroatoms. The maximum atomic E-state index is 4.12. The average molecular weight is 221 g/mol. The fraction of sp³-hybridized carbons (Fsp3) is 0.600. The van der Waals surface area contributed by atoms with Gasteiger partial charge in [-0.15, -0.1) is 0 Å². The molecule has 0 aromatic rings. The van der Waals surface area contributed by atoms with Crippen LogP contribution in [0.4, 0.5) is 0 Å². The lowest BCUT2D eigenvalue weighted by Gasteiger charge is -2.15. The second-order valence-corrected chi connectivity index (χ2v) is 5.13. The van der Waals surface area contributed by atoms with Crippen LogP contribution < -0.4 is 0 Å². The predicted molar refractivity (Wildman–Crippen MR) is 74.6 cm³/mol. The quantitative estimate of drug-likeness (QED) is 0.589. The largest absolute Gasteiger partial charge is 0.309 e. The molecule has 1 atom stereocenters. The Morgan fingerprint density at radius 1 is 1.06 bits per heavy atom. The van der Waals surface area contributed by atoms with E-state index in [0.29, 0.717) is 11.8 Å². The third kappa shape index (κ3) is 6.62. The van der Waals surface area contributed by atoms with E-state index in [1.807, 2.05) is 0 Å². The molecular weight excluding hydrogens is 194 g/mol. The van der Waals surface area contributed by atoms with Gasteiger partial charge in [-0.25, -0.2) is 0 Å². The molecule has 0 aromatic carbocycles. The van der Waals surface area contributed by atoms with Crippen LogP contribution in [0.2, 0.25) is 0 Å². The van der Waals surface area contributed by atoms with Gasteiger partial charge >= 0.3 is 0 Å². The van der Waals surface area contributed by atoms with E-state index >= 15 is 0 Å². The van der Waals surface area contributed by atoms with E-state index in [0.717, 1.165) is 13.0 Å². The summed E-state index contributed by atoms with van der Waals surface area (Å²) in [6, 6.07) is 0. The molecule has 1 nitrogen and oxygen atoms in total. The summed E-state index contributed by atoms with van der Waals surface area (Å²) >= 11 is 0. The van der Waals surface area contributed by atoms with Crippen LogP contribution >= 0.6 is 0 Å². The maximum absolute atomic E-state index is 4.12. The van der Waals surface area contributed by atoms with Crippen molar-refractivity contribution in [3.05, 3.63) is 36.5 Å². The van der Waals surface area contributed by atoms with Gasteiger partial charge in [0.25, 0.3) is 0 Å². The van der Waals surface area contributed by atoms with Gasteiger partial charge in [-0.05, 0) is 38.9 Å². The van der Waals surface area contributed by atoms with Gasteiger partial charge in [0.1, 0.15) is 0 Å². The molecule has 92 valence electrons. The number of allylic oxidation sites excluding steroid dienone is 4. The topological polar surface area (TPSA) is 3.24 Å². The molecule has 0 rings (SSSR count). The second-order valence-electron chi connectivity index (χ2n) is 5.13. The lowest BCUT2D eigenvalue weighted by molar-refractivity contribution is 0.377. The van der Waals surface area contributed by atoms with Crippen molar-refractivity contribution in [3.63, 3.8) is 0 Å². The highest BCUT2D eigenvalue weighted by Crippen LogP contribution is 2.16. The Hall–Kier alpha value is -0.820. The van der Waals surface area contributed by atoms with Gasteiger partial charge in [0.05, 0.1) is 0 Å². The summed E-state index contributed by atoms with van der Waals surface area (Å²) in [5.41, 5.74) is 2.37. The van der Waals surface area contributed by atoms with Gasteiger partial charge in [-0.3, -0.25) is 0 Å². The molecule has 0 aliphatic heterocycles. The first kappa shape index (κ1) is 15.2. The average Bonchev–Trinajstić information content (AvgIpc) is 2.21. The van der Waals surface area contributed by atoms with Gasteiger partial charge in [0, 0.05) is 0 Å². The fourth-order valence-electron chi connectivity index (χ4n) is 1.21. The molecule has 0 bridgehead atoms. The maximum Gasteiger partial charge on any atom is -0.00191 e. The van der Waals surface area contributed by atoms with Crippen molar-refractivity contribution in [2.75, 3.05) is 20.6 Å². The Bertz CT molecular complexity index is 259. The van der Waals surface area contributed by atoms with Crippen molar-refractivity contribution in [1.82, 2.24) is 4.90 Å². The molecule has 0 saturated carbocycles. The zero-order valence-electron chi connectivity index (χ0n) is 11.6. The van der Waals surface area contributed by atoms with Crippen LogP contribution in [0.3, 0.4) is 0 Å². The molecular formula is C15H27N. The summed E-state index contributed by atoms with van der Waals surface area (Å²) in [6.07, 6.45) is 5.37. The first-order valence-electron chi connectivity index (χ1n) is 6.05. The SMILES string of the molecule is C=C(/C=C\C(=C)[C@@H](C)CCN(C)C)C(C)C. The zero-order chi connectivity index (χ0) is 12.7. The highest BCUT2D eigenvalue weighted by atomic mass is 15.0. The Morgan fingerprint density at radius 3 is 2.00 bits per heavy atom. The molecule has 16 heavy (non-hydrogen) atoms. The minimum atomic E-state index is 0.515. The summed E-state index contributed by atoms with van der Waals surface area (Å²) in [5.74, 6) is 1.06. The van der Waals surface area contributed by atoms with Crippen molar-refractivity contribution >= 4 is 0 Å². The Labute approximate surface area is 102 Å². The van der Waals surface area contributed by atoms with Crippen LogP contribution in [-0.4, -0.2) is 25.5 Å². The molecule has 0 aromatic heterocycles. The normalized spacial score (nSPS) is 13.7.